The van der Waals surface area contributed by atoms with E-state index in [-0.39, 0.29) is 22.6 Å². The molecule has 0 radical (unpaired) electrons. The summed E-state index contributed by atoms with van der Waals surface area (Å²) in [5.74, 6) is 2.04. The first kappa shape index (κ1) is 30.7. The molecule has 230 valence electrons. The molecule has 2 atom stereocenters. The Kier molecular flexibility index (Phi) is 8.94. The Labute approximate surface area is 255 Å². The number of carbonyl (C=O) groups excluding carboxylic acids is 1. The maximum absolute atomic E-state index is 12.6. The van der Waals surface area contributed by atoms with E-state index in [2.05, 4.69) is 43.8 Å². The zero-order valence-electron chi connectivity index (χ0n) is 24.4. The maximum atomic E-state index is 12.6. The topological polar surface area (TPSA) is 205 Å². The lowest BCUT2D eigenvalue weighted by molar-refractivity contribution is 0.262. The summed E-state index contributed by atoms with van der Waals surface area (Å²) < 4.78 is 28.9. The van der Waals surface area contributed by atoms with E-state index in [0.29, 0.717) is 35.2 Å². The smallest absolute Gasteiger partial charge is 0.326 e. The fourth-order valence-corrected chi connectivity index (χ4v) is 5.67. The van der Waals surface area contributed by atoms with E-state index in [1.165, 1.54) is 24.3 Å². The average Bonchev–Trinajstić information content (AvgIpc) is 3.57. The minimum absolute atomic E-state index is 0.0197. The van der Waals surface area contributed by atoms with E-state index < -0.39 is 16.1 Å². The highest BCUT2D eigenvalue weighted by Gasteiger charge is 2.30. The van der Waals surface area contributed by atoms with Crippen LogP contribution >= 0.6 is 0 Å². The van der Waals surface area contributed by atoms with E-state index in [1.54, 1.807) is 6.07 Å². The third kappa shape index (κ3) is 7.58. The minimum atomic E-state index is -3.83. The Bertz CT molecular complexity index is 1820. The number of nitrogens with one attached hydrogen (secondary N) is 4. The third-order valence-electron chi connectivity index (χ3n) is 7.43. The summed E-state index contributed by atoms with van der Waals surface area (Å²) in [5.41, 5.74) is 8.08. The van der Waals surface area contributed by atoms with Crippen LogP contribution in [-0.2, 0) is 10.0 Å². The van der Waals surface area contributed by atoms with Gasteiger partial charge in [-0.1, -0.05) is 13.0 Å². The average molecular weight is 618 g/mol. The van der Waals surface area contributed by atoms with Gasteiger partial charge in [-0.05, 0) is 79.9 Å². The number of benzene rings is 2. The number of sulfonamides is 1. The van der Waals surface area contributed by atoms with Gasteiger partial charge >= 0.3 is 6.03 Å². The summed E-state index contributed by atoms with van der Waals surface area (Å²) in [7, 11) is -3.83. The molecule has 2 aromatic carbocycles. The molecule has 2 amide bonds. The Morgan fingerprint density at radius 1 is 1.11 bits per heavy atom. The van der Waals surface area contributed by atoms with Crippen molar-refractivity contribution in [1.29, 1.82) is 5.41 Å². The molecule has 1 saturated heterocycles. The Balaban J connectivity index is 1.22. The second-order valence-corrected chi connectivity index (χ2v) is 12.3. The number of hydrogen-bond donors (Lipinski definition) is 6. The first-order chi connectivity index (χ1) is 21.0. The molecule has 13 nitrogen and oxygen atoms in total. The van der Waals surface area contributed by atoms with Gasteiger partial charge in [0.2, 0.25) is 16.0 Å². The van der Waals surface area contributed by atoms with Crippen LogP contribution in [0.25, 0.3) is 17.0 Å². The van der Waals surface area contributed by atoms with Crippen molar-refractivity contribution in [1.82, 2.24) is 14.9 Å². The number of rotatable bonds is 10. The van der Waals surface area contributed by atoms with Gasteiger partial charge in [0.1, 0.15) is 23.0 Å². The molecule has 4 aromatic rings. The summed E-state index contributed by atoms with van der Waals surface area (Å²) in [5, 5.41) is 22.3. The summed E-state index contributed by atoms with van der Waals surface area (Å²) >= 11 is 0. The number of furan rings is 1. The van der Waals surface area contributed by atoms with Crippen LogP contribution in [0.2, 0.25) is 0 Å². The van der Waals surface area contributed by atoms with E-state index in [1.807, 2.05) is 37.3 Å². The molecule has 2 aromatic heterocycles. The van der Waals surface area contributed by atoms with Crippen LogP contribution < -0.4 is 26.8 Å². The highest BCUT2D eigenvalue weighted by atomic mass is 32.2. The first-order valence-electron chi connectivity index (χ1n) is 14.1. The highest BCUT2D eigenvalue weighted by Crippen LogP contribution is 2.28. The quantitative estimate of drug-likeness (QED) is 0.113. The van der Waals surface area contributed by atoms with Crippen molar-refractivity contribution in [2.45, 2.75) is 18.7 Å². The molecule has 1 aliphatic heterocycles. The second-order valence-electron chi connectivity index (χ2n) is 10.7. The van der Waals surface area contributed by atoms with E-state index in [9.17, 15) is 13.2 Å². The Morgan fingerprint density at radius 2 is 1.89 bits per heavy atom. The van der Waals surface area contributed by atoms with Crippen LogP contribution in [0.4, 0.5) is 22.2 Å². The Hall–Kier alpha value is -4.79. The lowest BCUT2D eigenvalue weighted by atomic mass is 9.95. The van der Waals surface area contributed by atoms with Crippen molar-refractivity contribution >= 4 is 56.4 Å². The summed E-state index contributed by atoms with van der Waals surface area (Å²) in [4.78, 5) is 23.7. The van der Waals surface area contributed by atoms with Crippen molar-refractivity contribution in [2.75, 3.05) is 42.1 Å². The van der Waals surface area contributed by atoms with Gasteiger partial charge in [-0.2, -0.15) is 4.98 Å². The lowest BCUT2D eigenvalue weighted by Crippen LogP contribution is -2.24. The van der Waals surface area contributed by atoms with Crippen LogP contribution in [-0.4, -0.2) is 61.3 Å². The first-order valence-corrected chi connectivity index (χ1v) is 15.6. The van der Waals surface area contributed by atoms with E-state index >= 15 is 0 Å². The summed E-state index contributed by atoms with van der Waals surface area (Å²) in [6.45, 7) is 7.40. The van der Waals surface area contributed by atoms with Gasteiger partial charge in [0.25, 0.3) is 0 Å². The number of amidine groups is 1. The number of nitrogens with two attached hydrogens (primary N) is 2. The minimum Gasteiger partial charge on any atom is -0.457 e. The number of aromatic nitrogens is 2. The van der Waals surface area contributed by atoms with Gasteiger partial charge in [0.15, 0.2) is 0 Å². The van der Waals surface area contributed by atoms with Crippen molar-refractivity contribution < 1.29 is 17.6 Å². The van der Waals surface area contributed by atoms with Crippen molar-refractivity contribution in [3.05, 3.63) is 77.7 Å². The fourth-order valence-electron chi connectivity index (χ4n) is 5.16. The third-order valence-corrected chi connectivity index (χ3v) is 8.36. The zero-order chi connectivity index (χ0) is 31.4. The number of primary sulfonamides is 1. The van der Waals surface area contributed by atoms with Gasteiger partial charge in [0, 0.05) is 48.0 Å². The molecule has 0 aliphatic carbocycles. The number of nitrogens with zero attached hydrogens (tertiary/aromatic N) is 3. The van der Waals surface area contributed by atoms with Gasteiger partial charge in [-0.3, -0.25) is 10.7 Å². The Morgan fingerprint density at radius 3 is 2.59 bits per heavy atom. The molecule has 5 rings (SSSR count). The molecule has 44 heavy (non-hydrogen) atoms. The molecule has 8 N–H and O–H groups in total. The highest BCUT2D eigenvalue weighted by molar-refractivity contribution is 7.89. The standard InChI is InChI=1S/C30H35N9O4S/c1-3-39-16-20(4-8-24-14-21-13-19(28(31)32)5-11-26(21)43-24)22(17-39)15-34-27-12-18(2)35-29(37-27)38-30(40)36-23-6-9-25(10-7-23)44(33,41)42/h4-14,20,22H,3,15-17H2,1-2H3,(H3,31,32)(H2,33,41,42)(H3,34,35,36,37,38,40)/b8-4+. The molecular formula is C30H35N9O4S. The number of carbonyl (C=O) groups is 1. The molecule has 0 spiro atoms. The van der Waals surface area contributed by atoms with Crippen molar-refractivity contribution in [2.24, 2.45) is 22.7 Å². The maximum Gasteiger partial charge on any atom is 0.326 e. The van der Waals surface area contributed by atoms with Crippen LogP contribution in [0.3, 0.4) is 0 Å². The molecular weight excluding hydrogens is 582 g/mol. The number of fused-ring (bicyclic) bond motifs is 1. The molecule has 2 unspecified atom stereocenters. The van der Waals surface area contributed by atoms with Crippen molar-refractivity contribution in [3.63, 3.8) is 0 Å². The number of nitrogen functional groups attached to an aromatic ring is 1. The molecule has 0 bridgehead atoms. The largest absolute Gasteiger partial charge is 0.457 e. The van der Waals surface area contributed by atoms with Crippen LogP contribution in [0, 0.1) is 24.2 Å². The van der Waals surface area contributed by atoms with E-state index in [4.69, 9.17) is 20.7 Å². The molecule has 0 saturated carbocycles. The molecule has 14 heteroatoms. The lowest BCUT2D eigenvalue weighted by Gasteiger charge is -2.17. The number of amides is 2. The number of likely N-dealkylation sites (tertiary alicyclic amines) is 1. The molecule has 3 heterocycles. The number of hydrogen-bond acceptors (Lipinski definition) is 9. The fraction of sp³-hybridized carbons (Fsp3) is 0.267. The van der Waals surface area contributed by atoms with Gasteiger partial charge in [0.05, 0.1) is 4.90 Å². The molecule has 1 fully saturated rings. The zero-order valence-corrected chi connectivity index (χ0v) is 25.2. The van der Waals surface area contributed by atoms with Gasteiger partial charge in [-0.15, -0.1) is 0 Å². The second kappa shape index (κ2) is 12.8. The van der Waals surface area contributed by atoms with Crippen molar-refractivity contribution in [3.8, 4) is 0 Å². The van der Waals surface area contributed by atoms with Crippen LogP contribution in [0.15, 0.2) is 70.0 Å². The summed E-state index contributed by atoms with van der Waals surface area (Å²) in [6.07, 6.45) is 4.19. The monoisotopic (exact) mass is 617 g/mol. The number of aryl methyl sites for hydroxylation is 1. The van der Waals surface area contributed by atoms with Crippen LogP contribution in [0.5, 0.6) is 0 Å². The number of urea groups is 1. The van der Waals surface area contributed by atoms with Gasteiger partial charge < -0.3 is 25.7 Å². The normalized spacial score (nSPS) is 17.2. The van der Waals surface area contributed by atoms with Gasteiger partial charge in [-0.25, -0.2) is 23.3 Å². The molecule has 1 aliphatic rings. The predicted octanol–water partition coefficient (Wildman–Crippen LogP) is 3.80. The predicted molar refractivity (Wildman–Crippen MR) is 171 cm³/mol. The SMILES string of the molecule is CCN1CC(/C=C/c2cc3cc(C(=N)N)ccc3o2)C(CNc2cc(C)nc(NC(=O)Nc3ccc(S(N)(=O)=O)cc3)n2)C1. The number of anilines is 3. The summed E-state index contributed by atoms with van der Waals surface area (Å²) in [6, 6.07) is 14.1. The van der Waals surface area contributed by atoms with Crippen LogP contribution in [0.1, 0.15) is 23.9 Å². The van der Waals surface area contributed by atoms with E-state index in [0.717, 1.165) is 36.4 Å².